The Hall–Kier alpha value is -2.95. The van der Waals surface area contributed by atoms with Gasteiger partial charge >= 0.3 is 6.09 Å². The van der Waals surface area contributed by atoms with E-state index in [1.165, 1.54) is 6.07 Å². The summed E-state index contributed by atoms with van der Waals surface area (Å²) in [6.45, 7) is 10.8. The number of carbonyl (C=O) groups is 2. The van der Waals surface area contributed by atoms with Crippen molar-refractivity contribution >= 4 is 29.6 Å². The van der Waals surface area contributed by atoms with Crippen molar-refractivity contribution in [2.24, 2.45) is 0 Å². The third-order valence-electron chi connectivity index (χ3n) is 6.45. The predicted octanol–water partition coefficient (Wildman–Crippen LogP) is 4.24. The summed E-state index contributed by atoms with van der Waals surface area (Å²) in [6.07, 6.45) is 0.848. The molecular weight excluding hydrogens is 500 g/mol. The average Bonchev–Trinajstić information content (AvgIpc) is 3.20. The summed E-state index contributed by atoms with van der Waals surface area (Å²) >= 11 is 1.83. The molecule has 37 heavy (non-hydrogen) atoms. The Morgan fingerprint density at radius 1 is 1.19 bits per heavy atom. The minimum absolute atomic E-state index is 0.00196. The van der Waals surface area contributed by atoms with E-state index in [4.69, 9.17) is 4.74 Å². The molecule has 3 heterocycles. The molecule has 3 atom stereocenters. The summed E-state index contributed by atoms with van der Waals surface area (Å²) in [5.41, 5.74) is 1.85. The molecule has 0 aliphatic carbocycles. The van der Waals surface area contributed by atoms with Crippen LogP contribution in [0.25, 0.3) is 0 Å². The van der Waals surface area contributed by atoms with Gasteiger partial charge in [-0.15, -0.1) is 11.8 Å². The molecule has 0 saturated carbocycles. The lowest BCUT2D eigenvalue weighted by Crippen LogP contribution is -2.59. The highest BCUT2D eigenvalue weighted by Crippen LogP contribution is 2.44. The smallest absolute Gasteiger partial charge is 0.408 e. The van der Waals surface area contributed by atoms with E-state index < -0.39 is 29.4 Å². The van der Waals surface area contributed by atoms with Crippen molar-refractivity contribution in [3.8, 4) is 0 Å². The molecule has 2 aliphatic rings. The number of fused-ring (bicyclic) bond motifs is 1. The van der Waals surface area contributed by atoms with Crippen LogP contribution in [-0.4, -0.2) is 64.2 Å². The van der Waals surface area contributed by atoms with Gasteiger partial charge in [0.1, 0.15) is 23.8 Å². The molecule has 1 saturated heterocycles. The van der Waals surface area contributed by atoms with E-state index in [1.807, 2.05) is 18.7 Å². The largest absolute Gasteiger partial charge is 0.444 e. The molecule has 11 heteroatoms. The maximum Gasteiger partial charge on any atom is 0.408 e. The van der Waals surface area contributed by atoms with E-state index in [2.05, 4.69) is 27.1 Å². The lowest BCUT2D eigenvalue weighted by atomic mass is 10.0. The van der Waals surface area contributed by atoms with Crippen LogP contribution < -0.4 is 10.2 Å². The van der Waals surface area contributed by atoms with Crippen LogP contribution in [0.3, 0.4) is 0 Å². The van der Waals surface area contributed by atoms with Crippen molar-refractivity contribution in [3.05, 3.63) is 53.0 Å². The number of halogens is 2. The molecule has 2 aliphatic heterocycles. The average molecular weight is 534 g/mol. The number of hydrogen-bond acceptors (Lipinski definition) is 7. The first-order chi connectivity index (χ1) is 17.4. The lowest BCUT2D eigenvalue weighted by Gasteiger charge is -2.42. The van der Waals surface area contributed by atoms with Gasteiger partial charge in [0.2, 0.25) is 5.91 Å². The van der Waals surface area contributed by atoms with Gasteiger partial charge in [0, 0.05) is 48.7 Å². The number of carbonyl (C=O) groups excluding carboxylic acids is 2. The first-order valence-corrected chi connectivity index (χ1v) is 13.4. The van der Waals surface area contributed by atoms with Crippen molar-refractivity contribution in [2.75, 3.05) is 24.5 Å². The van der Waals surface area contributed by atoms with E-state index in [0.29, 0.717) is 30.4 Å². The Morgan fingerprint density at radius 3 is 2.62 bits per heavy atom. The fourth-order valence-electron chi connectivity index (χ4n) is 4.71. The number of thioether (sulfide) groups is 1. The molecule has 2 amide bonds. The van der Waals surface area contributed by atoms with Gasteiger partial charge < -0.3 is 19.9 Å². The summed E-state index contributed by atoms with van der Waals surface area (Å²) in [7, 11) is 0. The highest BCUT2D eigenvalue weighted by Gasteiger charge is 2.35. The maximum absolute atomic E-state index is 13.8. The molecule has 0 bridgehead atoms. The quantitative estimate of drug-likeness (QED) is 0.615. The van der Waals surface area contributed by atoms with Gasteiger partial charge in [0.05, 0.1) is 5.69 Å². The predicted molar refractivity (Wildman–Crippen MR) is 138 cm³/mol. The third-order valence-corrected chi connectivity index (χ3v) is 7.62. The minimum Gasteiger partial charge on any atom is -0.444 e. The van der Waals surface area contributed by atoms with Crippen molar-refractivity contribution in [3.63, 3.8) is 0 Å². The molecule has 1 fully saturated rings. The molecule has 1 N–H and O–H groups in total. The zero-order valence-corrected chi connectivity index (χ0v) is 22.6. The molecule has 2 aromatic rings. The number of alkyl carbamates (subject to hydrolysis) is 1. The fourth-order valence-corrected chi connectivity index (χ4v) is 5.76. The van der Waals surface area contributed by atoms with Gasteiger partial charge in [-0.25, -0.2) is 23.5 Å². The van der Waals surface area contributed by atoms with Crippen LogP contribution in [0.2, 0.25) is 0 Å². The third kappa shape index (κ3) is 6.31. The van der Waals surface area contributed by atoms with Gasteiger partial charge in [-0.1, -0.05) is 6.07 Å². The van der Waals surface area contributed by atoms with Gasteiger partial charge in [-0.2, -0.15) is 0 Å². The molecule has 200 valence electrons. The van der Waals surface area contributed by atoms with Crippen LogP contribution >= 0.6 is 11.8 Å². The fraction of sp³-hybridized carbons (Fsp3) is 0.538. The van der Waals surface area contributed by atoms with Crippen molar-refractivity contribution in [1.29, 1.82) is 0 Å². The van der Waals surface area contributed by atoms with E-state index >= 15 is 0 Å². The Bertz CT molecular complexity index is 1180. The number of rotatable bonds is 5. The number of ether oxygens (including phenoxy) is 1. The normalized spacial score (nSPS) is 20.4. The van der Waals surface area contributed by atoms with E-state index in [0.717, 1.165) is 35.0 Å². The topological polar surface area (TPSA) is 87.7 Å². The molecule has 0 radical (unpaired) electrons. The Morgan fingerprint density at radius 2 is 1.95 bits per heavy atom. The number of aromatic nitrogens is 2. The first-order valence-electron chi connectivity index (χ1n) is 12.4. The van der Waals surface area contributed by atoms with Crippen LogP contribution in [0.5, 0.6) is 0 Å². The molecule has 1 aromatic heterocycles. The molecule has 4 rings (SSSR count). The molecule has 0 spiro atoms. The number of piperazine rings is 1. The number of amides is 2. The Balaban J connectivity index is 1.51. The molecule has 1 aromatic carbocycles. The van der Waals surface area contributed by atoms with E-state index in [1.54, 1.807) is 32.0 Å². The molecule has 8 nitrogen and oxygen atoms in total. The number of anilines is 1. The Labute approximate surface area is 220 Å². The summed E-state index contributed by atoms with van der Waals surface area (Å²) < 4.78 is 32.7. The first kappa shape index (κ1) is 27.1. The van der Waals surface area contributed by atoms with E-state index in [9.17, 15) is 18.4 Å². The number of nitrogens with zero attached hydrogens (tertiary/aromatic N) is 4. The van der Waals surface area contributed by atoms with Crippen LogP contribution in [-0.2, 0) is 21.7 Å². The second-order valence-electron chi connectivity index (χ2n) is 10.5. The summed E-state index contributed by atoms with van der Waals surface area (Å²) in [6, 6.07) is 2.44. The summed E-state index contributed by atoms with van der Waals surface area (Å²) in [5, 5.41) is 2.95. The minimum atomic E-state index is -1.01. The highest BCUT2D eigenvalue weighted by molar-refractivity contribution is 7.99. The van der Waals surface area contributed by atoms with Crippen molar-refractivity contribution in [1.82, 2.24) is 20.2 Å². The molecule has 0 unspecified atom stereocenters. The lowest BCUT2D eigenvalue weighted by molar-refractivity contribution is -0.134. The SMILES string of the molecule is C[C@@H]1SCc2ncnc(N3CCN(C(=O)[C@@H](Cc4ccc(F)c(F)c4)NC(=O)OC(C)(C)C)C[C@@H]3C)c21. The Kier molecular flexibility index (Phi) is 7.91. The summed E-state index contributed by atoms with van der Waals surface area (Å²) in [4.78, 5) is 39.1. The summed E-state index contributed by atoms with van der Waals surface area (Å²) in [5.74, 6) is -0.513. The second-order valence-corrected chi connectivity index (χ2v) is 11.8. The standard InChI is InChI=1S/C26H33F2N5O3S/c1-15-12-32(8-9-33(15)23-22-16(2)37-13-21(22)29-14-30-23)24(34)20(31-25(35)36-26(3,4)5)11-17-6-7-18(27)19(28)10-17/h6-7,10,14-16,20H,8-9,11-13H2,1-5H3,(H,31,35)/t15-,16-,20+/m0/s1. The van der Waals surface area contributed by atoms with Gasteiger partial charge in [-0.05, 0) is 52.3 Å². The van der Waals surface area contributed by atoms with Crippen LogP contribution in [0.1, 0.15) is 56.7 Å². The maximum atomic E-state index is 13.8. The zero-order chi connectivity index (χ0) is 26.9. The second kappa shape index (κ2) is 10.8. The van der Waals surface area contributed by atoms with Crippen molar-refractivity contribution < 1.29 is 23.1 Å². The van der Waals surface area contributed by atoms with Gasteiger partial charge in [-0.3, -0.25) is 4.79 Å². The van der Waals surface area contributed by atoms with Crippen molar-refractivity contribution in [2.45, 2.75) is 69.7 Å². The van der Waals surface area contributed by atoms with Crippen LogP contribution in [0.4, 0.5) is 19.4 Å². The number of hydrogen-bond donors (Lipinski definition) is 1. The monoisotopic (exact) mass is 533 g/mol. The van der Waals surface area contributed by atoms with Crippen LogP contribution in [0, 0.1) is 11.6 Å². The zero-order valence-electron chi connectivity index (χ0n) is 21.8. The van der Waals surface area contributed by atoms with Gasteiger partial charge in [0.15, 0.2) is 11.6 Å². The number of nitrogens with one attached hydrogen (secondary N) is 1. The van der Waals surface area contributed by atoms with E-state index in [-0.39, 0.29) is 18.4 Å². The molecular formula is C26H33F2N5O3S. The highest BCUT2D eigenvalue weighted by atomic mass is 32.2. The number of benzene rings is 1. The van der Waals surface area contributed by atoms with Crippen LogP contribution in [0.15, 0.2) is 24.5 Å². The van der Waals surface area contributed by atoms with Gasteiger partial charge in [0.25, 0.3) is 0 Å².